The van der Waals surface area contributed by atoms with E-state index in [1.54, 1.807) is 0 Å². The first-order chi connectivity index (χ1) is 7.58. The van der Waals surface area contributed by atoms with Gasteiger partial charge in [0.1, 0.15) is 5.15 Å². The van der Waals surface area contributed by atoms with E-state index in [-0.39, 0.29) is 35.0 Å². The van der Waals surface area contributed by atoms with Crippen LogP contribution in [0.2, 0.25) is 5.15 Å². The number of nitrogens with two attached hydrogens (primary N) is 1. The number of hydrogen-bond acceptors (Lipinski definition) is 4. The van der Waals surface area contributed by atoms with E-state index in [9.17, 15) is 4.79 Å². The van der Waals surface area contributed by atoms with Gasteiger partial charge in [-0.3, -0.25) is 4.79 Å². The molecule has 1 rings (SSSR count). The van der Waals surface area contributed by atoms with Crippen LogP contribution in [0.5, 0.6) is 0 Å². The Morgan fingerprint density at radius 2 is 2.44 bits per heavy atom. The lowest BCUT2D eigenvalue weighted by atomic mass is 10.2. The molecule has 0 aliphatic carbocycles. The zero-order valence-electron chi connectivity index (χ0n) is 8.90. The van der Waals surface area contributed by atoms with Crippen LogP contribution < -0.4 is 11.1 Å². The number of pyridine rings is 1. The Kier molecular flexibility index (Phi) is 4.52. The predicted octanol–water partition coefficient (Wildman–Crippen LogP) is 0.818. The van der Waals surface area contributed by atoms with Gasteiger partial charge in [-0.2, -0.15) is 0 Å². The minimum absolute atomic E-state index is 0.110. The average Bonchev–Trinajstić information content (AvgIpc) is 2.28. The van der Waals surface area contributed by atoms with E-state index < -0.39 is 0 Å². The number of nitrogens with one attached hydrogen (secondary N) is 1. The van der Waals surface area contributed by atoms with Crippen LogP contribution in [-0.4, -0.2) is 28.6 Å². The number of amides is 1. The van der Waals surface area contributed by atoms with Crippen molar-refractivity contribution in [3.8, 4) is 0 Å². The van der Waals surface area contributed by atoms with Gasteiger partial charge >= 0.3 is 0 Å². The van der Waals surface area contributed by atoms with Crippen molar-refractivity contribution in [3.63, 3.8) is 0 Å². The molecule has 88 valence electrons. The van der Waals surface area contributed by atoms with Gasteiger partial charge in [-0.15, -0.1) is 0 Å². The molecule has 4 N–H and O–H groups in total. The fourth-order valence-electron chi connectivity index (χ4n) is 1.18. The standard InChI is InChI=1S/C10H14ClN3O2/c1-2-6(5-15)14-10(16)7-3-9(11)13-4-8(7)12/h3-4,6,15H,2,5,12H2,1H3,(H,14,16)/t6-/m1/s1. The Bertz CT molecular complexity index is 380. The zero-order chi connectivity index (χ0) is 12.1. The minimum Gasteiger partial charge on any atom is -0.397 e. The maximum absolute atomic E-state index is 11.8. The van der Waals surface area contributed by atoms with Gasteiger partial charge in [-0.25, -0.2) is 4.98 Å². The van der Waals surface area contributed by atoms with Crippen LogP contribution in [0, 0.1) is 0 Å². The van der Waals surface area contributed by atoms with Crippen LogP contribution in [0.25, 0.3) is 0 Å². The maximum atomic E-state index is 11.8. The summed E-state index contributed by atoms with van der Waals surface area (Å²) in [5.41, 5.74) is 6.13. The average molecular weight is 244 g/mol. The SMILES string of the molecule is CC[C@H](CO)NC(=O)c1cc(Cl)ncc1N. The molecule has 0 radical (unpaired) electrons. The van der Waals surface area contributed by atoms with E-state index in [4.69, 9.17) is 22.4 Å². The molecule has 0 bridgehead atoms. The summed E-state index contributed by atoms with van der Waals surface area (Å²) in [4.78, 5) is 15.5. The Hall–Kier alpha value is -1.33. The zero-order valence-corrected chi connectivity index (χ0v) is 9.66. The van der Waals surface area contributed by atoms with Crippen molar-refractivity contribution >= 4 is 23.2 Å². The molecule has 0 aromatic carbocycles. The Balaban J connectivity index is 2.83. The van der Waals surface area contributed by atoms with Gasteiger partial charge in [-0.1, -0.05) is 18.5 Å². The molecule has 0 spiro atoms. The molecule has 0 saturated carbocycles. The van der Waals surface area contributed by atoms with Crippen LogP contribution >= 0.6 is 11.6 Å². The molecule has 1 aromatic heterocycles. The van der Waals surface area contributed by atoms with Gasteiger partial charge in [-0.05, 0) is 12.5 Å². The quantitative estimate of drug-likeness (QED) is 0.683. The van der Waals surface area contributed by atoms with Crippen LogP contribution in [-0.2, 0) is 0 Å². The summed E-state index contributed by atoms with van der Waals surface area (Å²) in [6.07, 6.45) is 1.97. The van der Waals surface area contributed by atoms with Crippen molar-refractivity contribution in [1.29, 1.82) is 0 Å². The Labute approximate surface area is 98.6 Å². The third-order valence-corrected chi connectivity index (χ3v) is 2.40. The molecule has 0 unspecified atom stereocenters. The number of nitrogen functional groups attached to an aromatic ring is 1. The number of halogens is 1. The van der Waals surface area contributed by atoms with Crippen molar-refractivity contribution in [3.05, 3.63) is 23.0 Å². The molecule has 1 amide bonds. The maximum Gasteiger partial charge on any atom is 0.253 e. The highest BCUT2D eigenvalue weighted by Gasteiger charge is 2.14. The van der Waals surface area contributed by atoms with E-state index in [1.807, 2.05) is 6.92 Å². The predicted molar refractivity (Wildman–Crippen MR) is 62.3 cm³/mol. The normalized spacial score (nSPS) is 12.2. The number of nitrogens with zero attached hydrogens (tertiary/aromatic N) is 1. The van der Waals surface area contributed by atoms with Crippen molar-refractivity contribution in [1.82, 2.24) is 10.3 Å². The second kappa shape index (κ2) is 5.67. The summed E-state index contributed by atoms with van der Waals surface area (Å²) in [7, 11) is 0. The minimum atomic E-state index is -0.359. The monoisotopic (exact) mass is 243 g/mol. The third kappa shape index (κ3) is 3.08. The topological polar surface area (TPSA) is 88.2 Å². The molecular formula is C10H14ClN3O2. The van der Waals surface area contributed by atoms with Crippen LogP contribution in [0.1, 0.15) is 23.7 Å². The molecule has 16 heavy (non-hydrogen) atoms. The van der Waals surface area contributed by atoms with E-state index in [1.165, 1.54) is 12.3 Å². The fourth-order valence-corrected chi connectivity index (χ4v) is 1.33. The third-order valence-electron chi connectivity index (χ3n) is 2.19. The number of rotatable bonds is 4. The van der Waals surface area contributed by atoms with E-state index in [0.717, 1.165) is 0 Å². The highest BCUT2D eigenvalue weighted by atomic mass is 35.5. The van der Waals surface area contributed by atoms with Crippen molar-refractivity contribution in [2.45, 2.75) is 19.4 Å². The number of anilines is 1. The molecule has 0 aliphatic heterocycles. The summed E-state index contributed by atoms with van der Waals surface area (Å²) < 4.78 is 0. The fraction of sp³-hybridized carbons (Fsp3) is 0.400. The number of hydrogen-bond donors (Lipinski definition) is 3. The lowest BCUT2D eigenvalue weighted by Crippen LogP contribution is -2.37. The number of aliphatic hydroxyl groups is 1. The van der Waals surface area contributed by atoms with Gasteiger partial charge in [0.15, 0.2) is 0 Å². The van der Waals surface area contributed by atoms with E-state index in [0.29, 0.717) is 6.42 Å². The highest BCUT2D eigenvalue weighted by molar-refractivity contribution is 6.29. The summed E-state index contributed by atoms with van der Waals surface area (Å²) in [5.74, 6) is -0.359. The lowest BCUT2D eigenvalue weighted by molar-refractivity contribution is 0.0916. The van der Waals surface area contributed by atoms with Gasteiger partial charge < -0.3 is 16.2 Å². The molecule has 1 atom stereocenters. The van der Waals surface area contributed by atoms with Crippen LogP contribution in [0.15, 0.2) is 12.3 Å². The Morgan fingerprint density at radius 1 is 1.75 bits per heavy atom. The first kappa shape index (κ1) is 12.7. The van der Waals surface area contributed by atoms with E-state index >= 15 is 0 Å². The van der Waals surface area contributed by atoms with Gasteiger partial charge in [0.2, 0.25) is 0 Å². The molecule has 0 saturated heterocycles. The molecule has 6 heteroatoms. The largest absolute Gasteiger partial charge is 0.397 e. The molecule has 1 aromatic rings. The number of aromatic nitrogens is 1. The molecule has 0 fully saturated rings. The van der Waals surface area contributed by atoms with E-state index in [2.05, 4.69) is 10.3 Å². The summed E-state index contributed by atoms with van der Waals surface area (Å²) in [5, 5.41) is 11.8. The van der Waals surface area contributed by atoms with Crippen molar-refractivity contribution < 1.29 is 9.90 Å². The summed E-state index contributed by atoms with van der Waals surface area (Å²) in [6.45, 7) is 1.75. The van der Waals surface area contributed by atoms with Crippen molar-refractivity contribution in [2.24, 2.45) is 0 Å². The van der Waals surface area contributed by atoms with Crippen molar-refractivity contribution in [2.75, 3.05) is 12.3 Å². The first-order valence-corrected chi connectivity index (χ1v) is 5.29. The van der Waals surface area contributed by atoms with Crippen LogP contribution in [0.4, 0.5) is 5.69 Å². The van der Waals surface area contributed by atoms with Crippen LogP contribution in [0.3, 0.4) is 0 Å². The van der Waals surface area contributed by atoms with Gasteiger partial charge in [0.05, 0.1) is 30.1 Å². The second-order valence-electron chi connectivity index (χ2n) is 3.36. The number of carbonyl (C=O) groups is 1. The lowest BCUT2D eigenvalue weighted by Gasteiger charge is -2.14. The smallest absolute Gasteiger partial charge is 0.253 e. The molecule has 1 heterocycles. The summed E-state index contributed by atoms with van der Waals surface area (Å²) in [6, 6.07) is 1.12. The molecule has 5 nitrogen and oxygen atoms in total. The van der Waals surface area contributed by atoms with Gasteiger partial charge in [0, 0.05) is 0 Å². The number of carbonyl (C=O) groups excluding carboxylic acids is 1. The first-order valence-electron chi connectivity index (χ1n) is 4.91. The Morgan fingerprint density at radius 3 is 3.00 bits per heavy atom. The summed E-state index contributed by atoms with van der Waals surface area (Å²) >= 11 is 5.67. The van der Waals surface area contributed by atoms with Gasteiger partial charge in [0.25, 0.3) is 5.91 Å². The number of aliphatic hydroxyl groups excluding tert-OH is 1. The highest BCUT2D eigenvalue weighted by Crippen LogP contribution is 2.14. The second-order valence-corrected chi connectivity index (χ2v) is 3.74. The molecular weight excluding hydrogens is 230 g/mol. The molecule has 0 aliphatic rings.